The predicted octanol–water partition coefficient (Wildman–Crippen LogP) is 0.368. The summed E-state index contributed by atoms with van der Waals surface area (Å²) in [7, 11) is 1.51. The fourth-order valence-electron chi connectivity index (χ4n) is 1.99. The van der Waals surface area contributed by atoms with E-state index in [4.69, 9.17) is 5.11 Å². The van der Waals surface area contributed by atoms with E-state index >= 15 is 0 Å². The van der Waals surface area contributed by atoms with E-state index in [0.29, 0.717) is 19.4 Å². The van der Waals surface area contributed by atoms with Crippen LogP contribution in [-0.4, -0.2) is 54.9 Å². The van der Waals surface area contributed by atoms with E-state index in [1.807, 2.05) is 0 Å². The first-order valence-corrected chi connectivity index (χ1v) is 5.53. The molecule has 0 bridgehead atoms. The Hall–Kier alpha value is -0.820. The first-order chi connectivity index (χ1) is 7.84. The third kappa shape index (κ3) is 4.16. The van der Waals surface area contributed by atoms with Crippen molar-refractivity contribution in [3.63, 3.8) is 0 Å². The van der Waals surface area contributed by atoms with Gasteiger partial charge < -0.3 is 10.4 Å². The van der Waals surface area contributed by atoms with Gasteiger partial charge in [0, 0.05) is 20.1 Å². The summed E-state index contributed by atoms with van der Waals surface area (Å²) in [6.45, 7) is 0.296. The SMILES string of the molecule is CNC(=O)C1CCCN(CC(O)C(F)(F)F)C1. The lowest BCUT2D eigenvalue weighted by Gasteiger charge is -2.33. The van der Waals surface area contributed by atoms with Crippen LogP contribution >= 0.6 is 0 Å². The van der Waals surface area contributed by atoms with Crippen LogP contribution in [0.4, 0.5) is 13.2 Å². The molecular formula is C10H17F3N2O2. The highest BCUT2D eigenvalue weighted by molar-refractivity contribution is 5.78. The van der Waals surface area contributed by atoms with Gasteiger partial charge in [0.15, 0.2) is 6.10 Å². The van der Waals surface area contributed by atoms with Gasteiger partial charge in [-0.25, -0.2) is 0 Å². The Kier molecular flexibility index (Phi) is 4.76. The number of amides is 1. The Labute approximate surface area is 97.8 Å². The fraction of sp³-hybridized carbons (Fsp3) is 0.900. The minimum absolute atomic E-state index is 0.156. The van der Waals surface area contributed by atoms with Crippen molar-refractivity contribution >= 4 is 5.91 Å². The van der Waals surface area contributed by atoms with Gasteiger partial charge in [0.05, 0.1) is 5.92 Å². The van der Waals surface area contributed by atoms with E-state index in [0.717, 1.165) is 0 Å². The van der Waals surface area contributed by atoms with E-state index in [2.05, 4.69) is 5.32 Å². The van der Waals surface area contributed by atoms with Crippen molar-refractivity contribution in [2.24, 2.45) is 5.92 Å². The molecule has 100 valence electrons. The molecule has 1 saturated heterocycles. The molecule has 17 heavy (non-hydrogen) atoms. The van der Waals surface area contributed by atoms with Crippen molar-refractivity contribution in [1.29, 1.82) is 0 Å². The Balaban J connectivity index is 2.47. The summed E-state index contributed by atoms with van der Waals surface area (Å²) in [6, 6.07) is 0. The highest BCUT2D eigenvalue weighted by Crippen LogP contribution is 2.23. The van der Waals surface area contributed by atoms with E-state index in [1.165, 1.54) is 11.9 Å². The topological polar surface area (TPSA) is 52.6 Å². The molecule has 0 radical (unpaired) electrons. The molecule has 0 aromatic heterocycles. The number of carbonyl (C=O) groups excluding carboxylic acids is 1. The lowest BCUT2D eigenvalue weighted by Crippen LogP contribution is -2.47. The largest absolute Gasteiger partial charge is 0.415 e. The predicted molar refractivity (Wildman–Crippen MR) is 55.3 cm³/mol. The minimum atomic E-state index is -4.60. The van der Waals surface area contributed by atoms with Crippen LogP contribution in [0.2, 0.25) is 0 Å². The maximum atomic E-state index is 12.2. The number of hydrogen-bond acceptors (Lipinski definition) is 3. The summed E-state index contributed by atoms with van der Waals surface area (Å²) in [5, 5.41) is 11.4. The van der Waals surface area contributed by atoms with Gasteiger partial charge in [0.2, 0.25) is 5.91 Å². The zero-order chi connectivity index (χ0) is 13.1. The number of nitrogens with one attached hydrogen (secondary N) is 1. The molecule has 2 atom stereocenters. The number of aliphatic hydroxyl groups is 1. The summed E-state index contributed by atoms with van der Waals surface area (Å²) in [5.41, 5.74) is 0. The van der Waals surface area contributed by atoms with Gasteiger partial charge in [-0.05, 0) is 19.4 Å². The standard InChI is InChI=1S/C10H17F3N2O2/c1-14-9(17)7-3-2-4-15(5-7)6-8(16)10(11,12)13/h7-8,16H,2-6H2,1H3,(H,14,17). The molecule has 1 amide bonds. The molecule has 4 nitrogen and oxygen atoms in total. The van der Waals surface area contributed by atoms with Gasteiger partial charge in [-0.3, -0.25) is 9.69 Å². The van der Waals surface area contributed by atoms with Crippen molar-refractivity contribution in [3.05, 3.63) is 0 Å². The molecule has 2 unspecified atom stereocenters. The Morgan fingerprint density at radius 2 is 2.24 bits per heavy atom. The van der Waals surface area contributed by atoms with Crippen LogP contribution in [-0.2, 0) is 4.79 Å². The number of hydrogen-bond donors (Lipinski definition) is 2. The average molecular weight is 254 g/mol. The third-order valence-electron chi connectivity index (χ3n) is 2.93. The Bertz CT molecular complexity index is 271. The molecule has 1 aliphatic rings. The zero-order valence-corrected chi connectivity index (χ0v) is 9.63. The summed E-state index contributed by atoms with van der Waals surface area (Å²) in [6.07, 6.45) is -5.59. The second-order valence-electron chi connectivity index (χ2n) is 4.27. The summed E-state index contributed by atoms with van der Waals surface area (Å²) < 4.78 is 36.5. The van der Waals surface area contributed by atoms with Crippen LogP contribution in [0.1, 0.15) is 12.8 Å². The molecule has 0 aromatic rings. The number of nitrogens with zero attached hydrogens (tertiary/aromatic N) is 1. The van der Waals surface area contributed by atoms with Crippen LogP contribution in [0.15, 0.2) is 0 Å². The number of halogens is 3. The van der Waals surface area contributed by atoms with Gasteiger partial charge in [-0.15, -0.1) is 0 Å². The van der Waals surface area contributed by atoms with Crippen LogP contribution in [0.3, 0.4) is 0 Å². The number of piperidine rings is 1. The van der Waals surface area contributed by atoms with Gasteiger partial charge in [-0.2, -0.15) is 13.2 Å². The summed E-state index contributed by atoms with van der Waals surface area (Å²) in [4.78, 5) is 12.9. The second kappa shape index (κ2) is 5.68. The van der Waals surface area contributed by atoms with E-state index in [1.54, 1.807) is 0 Å². The lowest BCUT2D eigenvalue weighted by atomic mass is 9.97. The highest BCUT2D eigenvalue weighted by Gasteiger charge is 2.40. The molecule has 7 heteroatoms. The van der Waals surface area contributed by atoms with Crippen LogP contribution in [0, 0.1) is 5.92 Å². The molecule has 0 aliphatic carbocycles. The smallest absolute Gasteiger partial charge is 0.382 e. The molecule has 0 saturated carbocycles. The minimum Gasteiger partial charge on any atom is -0.382 e. The summed E-state index contributed by atoms with van der Waals surface area (Å²) >= 11 is 0. The molecule has 0 spiro atoms. The quantitative estimate of drug-likeness (QED) is 0.765. The Morgan fingerprint density at radius 1 is 1.59 bits per heavy atom. The number of rotatable bonds is 3. The second-order valence-corrected chi connectivity index (χ2v) is 4.27. The first kappa shape index (κ1) is 14.2. The lowest BCUT2D eigenvalue weighted by molar-refractivity contribution is -0.209. The average Bonchev–Trinajstić information content (AvgIpc) is 2.27. The van der Waals surface area contributed by atoms with E-state index < -0.39 is 18.8 Å². The summed E-state index contributed by atoms with van der Waals surface area (Å²) in [5.74, 6) is -0.439. The van der Waals surface area contributed by atoms with Crippen molar-refractivity contribution in [2.75, 3.05) is 26.7 Å². The van der Waals surface area contributed by atoms with E-state index in [9.17, 15) is 18.0 Å². The monoisotopic (exact) mass is 254 g/mol. The van der Waals surface area contributed by atoms with Crippen molar-refractivity contribution in [3.8, 4) is 0 Å². The highest BCUT2D eigenvalue weighted by atomic mass is 19.4. The molecule has 2 N–H and O–H groups in total. The number of β-amino-alcohol motifs (C(OH)–C–C–N with tert-alkyl or cyclic N) is 1. The molecule has 1 heterocycles. The molecule has 1 aliphatic heterocycles. The Morgan fingerprint density at radius 3 is 2.76 bits per heavy atom. The number of alkyl halides is 3. The van der Waals surface area contributed by atoms with Crippen LogP contribution in [0.25, 0.3) is 0 Å². The third-order valence-corrected chi connectivity index (χ3v) is 2.93. The van der Waals surface area contributed by atoms with Crippen molar-refractivity contribution in [2.45, 2.75) is 25.1 Å². The van der Waals surface area contributed by atoms with Gasteiger partial charge in [-0.1, -0.05) is 0 Å². The van der Waals surface area contributed by atoms with Gasteiger partial charge in [0.1, 0.15) is 0 Å². The van der Waals surface area contributed by atoms with Crippen LogP contribution < -0.4 is 5.32 Å². The zero-order valence-electron chi connectivity index (χ0n) is 9.63. The molecule has 0 aromatic carbocycles. The maximum absolute atomic E-state index is 12.2. The molecular weight excluding hydrogens is 237 g/mol. The molecule has 1 fully saturated rings. The maximum Gasteiger partial charge on any atom is 0.415 e. The normalized spacial score (nSPS) is 24.4. The van der Waals surface area contributed by atoms with E-state index in [-0.39, 0.29) is 18.4 Å². The van der Waals surface area contributed by atoms with Crippen molar-refractivity contribution in [1.82, 2.24) is 10.2 Å². The molecule has 1 rings (SSSR count). The van der Waals surface area contributed by atoms with Crippen molar-refractivity contribution < 1.29 is 23.1 Å². The van der Waals surface area contributed by atoms with Gasteiger partial charge in [0.25, 0.3) is 0 Å². The van der Waals surface area contributed by atoms with Crippen LogP contribution in [0.5, 0.6) is 0 Å². The van der Waals surface area contributed by atoms with Gasteiger partial charge >= 0.3 is 6.18 Å². The number of carbonyl (C=O) groups is 1. The fourth-order valence-corrected chi connectivity index (χ4v) is 1.99. The number of aliphatic hydroxyl groups excluding tert-OH is 1. The first-order valence-electron chi connectivity index (χ1n) is 5.53. The number of likely N-dealkylation sites (tertiary alicyclic amines) is 1.